The van der Waals surface area contributed by atoms with Crippen molar-refractivity contribution in [2.75, 3.05) is 22.9 Å². The molecule has 0 N–H and O–H groups in total. The Labute approximate surface area is 170 Å². The second-order valence-electron chi connectivity index (χ2n) is 6.37. The van der Waals surface area contributed by atoms with Crippen LogP contribution in [-0.4, -0.2) is 29.0 Å². The van der Waals surface area contributed by atoms with Crippen LogP contribution in [0.25, 0.3) is 0 Å². The summed E-state index contributed by atoms with van der Waals surface area (Å²) in [4.78, 5) is 18.4. The highest BCUT2D eigenvalue weighted by molar-refractivity contribution is 7.80. The highest BCUT2D eigenvalue weighted by atomic mass is 32.1. The van der Waals surface area contributed by atoms with Gasteiger partial charge in [-0.15, -0.1) is 0 Å². The van der Waals surface area contributed by atoms with E-state index >= 15 is 0 Å². The monoisotopic (exact) mass is 391 g/mol. The molecule has 0 spiro atoms. The van der Waals surface area contributed by atoms with E-state index in [-0.39, 0.29) is 5.91 Å². The number of rotatable bonds is 4. The Bertz CT molecular complexity index is 984. The van der Waals surface area contributed by atoms with Gasteiger partial charge < -0.3 is 9.64 Å². The summed E-state index contributed by atoms with van der Waals surface area (Å²) in [5, 5.41) is 0.492. The van der Waals surface area contributed by atoms with Crippen LogP contribution in [0.5, 0.6) is 5.75 Å². The number of allylic oxidation sites excluding steroid dienone is 2. The molecule has 6 heteroatoms. The minimum atomic E-state index is -0.105. The lowest BCUT2D eigenvalue weighted by molar-refractivity contribution is -0.122. The van der Waals surface area contributed by atoms with Crippen molar-refractivity contribution < 1.29 is 9.53 Å². The lowest BCUT2D eigenvalue weighted by Gasteiger charge is -2.19. The maximum absolute atomic E-state index is 12.9. The summed E-state index contributed by atoms with van der Waals surface area (Å²) in [6.45, 7) is 5.28. The smallest absolute Gasteiger partial charge is 0.277 e. The number of amides is 1. The lowest BCUT2D eigenvalue weighted by atomic mass is 10.2. The molecule has 0 aromatic heterocycles. The molecular formula is C22H21N3O2S. The first-order valence-corrected chi connectivity index (χ1v) is 9.74. The lowest BCUT2D eigenvalue weighted by Crippen LogP contribution is -2.32. The number of fused-ring (bicyclic) bond motifs is 1. The Morgan fingerprint density at radius 3 is 2.32 bits per heavy atom. The van der Waals surface area contributed by atoms with E-state index in [1.807, 2.05) is 72.5 Å². The normalized spacial score (nSPS) is 19.0. The molecule has 0 saturated carbocycles. The molecule has 1 saturated heterocycles. The second kappa shape index (κ2) is 7.48. The molecule has 0 atom stereocenters. The summed E-state index contributed by atoms with van der Waals surface area (Å²) in [5.41, 5.74) is 2.41. The van der Waals surface area contributed by atoms with Crippen LogP contribution in [0.1, 0.15) is 13.8 Å². The molecule has 2 aromatic rings. The number of para-hydroxylation sites is 3. The van der Waals surface area contributed by atoms with Crippen molar-refractivity contribution in [3.63, 3.8) is 0 Å². The average Bonchev–Trinajstić information content (AvgIpc) is 3.20. The number of carbonyl (C=O) groups excluding carboxylic acids is 1. The molecule has 0 radical (unpaired) electrons. The maximum Gasteiger partial charge on any atom is 0.277 e. The van der Waals surface area contributed by atoms with Gasteiger partial charge in [-0.1, -0.05) is 30.3 Å². The Balaban J connectivity index is 1.74. The fourth-order valence-electron chi connectivity index (χ4n) is 3.45. The first kappa shape index (κ1) is 18.3. The Morgan fingerprint density at radius 2 is 1.61 bits per heavy atom. The summed E-state index contributed by atoms with van der Waals surface area (Å²) in [6.07, 6.45) is 3.63. The van der Waals surface area contributed by atoms with Crippen LogP contribution in [0.15, 0.2) is 78.3 Å². The van der Waals surface area contributed by atoms with Crippen LogP contribution in [0.2, 0.25) is 0 Å². The minimum absolute atomic E-state index is 0.105. The molecule has 2 heterocycles. The molecule has 1 fully saturated rings. The third kappa shape index (κ3) is 2.96. The highest BCUT2D eigenvalue weighted by Crippen LogP contribution is 2.38. The highest BCUT2D eigenvalue weighted by Gasteiger charge is 2.37. The first-order valence-electron chi connectivity index (χ1n) is 9.33. The zero-order chi connectivity index (χ0) is 19.7. The van der Waals surface area contributed by atoms with Crippen LogP contribution in [0, 0.1) is 0 Å². The van der Waals surface area contributed by atoms with Gasteiger partial charge in [0.1, 0.15) is 5.70 Å². The van der Waals surface area contributed by atoms with E-state index in [0.29, 0.717) is 23.2 Å². The Hall–Kier alpha value is -3.12. The Morgan fingerprint density at radius 1 is 0.929 bits per heavy atom. The van der Waals surface area contributed by atoms with Gasteiger partial charge in [0.15, 0.2) is 10.9 Å². The van der Waals surface area contributed by atoms with Gasteiger partial charge >= 0.3 is 0 Å². The van der Waals surface area contributed by atoms with Crippen molar-refractivity contribution in [1.29, 1.82) is 0 Å². The predicted molar refractivity (Wildman–Crippen MR) is 115 cm³/mol. The van der Waals surface area contributed by atoms with Gasteiger partial charge in [0.05, 0.1) is 5.69 Å². The predicted octanol–water partition coefficient (Wildman–Crippen LogP) is 4.28. The number of ether oxygens (including phenoxy) is 1. The second-order valence-corrected chi connectivity index (χ2v) is 6.74. The molecule has 2 aromatic carbocycles. The van der Waals surface area contributed by atoms with Gasteiger partial charge in [-0.2, -0.15) is 0 Å². The van der Waals surface area contributed by atoms with Crippen LogP contribution < -0.4 is 14.5 Å². The average molecular weight is 391 g/mol. The standard InChI is InChI=1S/C22H21N3O2S/c1-3-23-17-12-8-9-13-19(17)27-20(23)15-14-18-21(26)24(4-2)22(28)25(18)16-10-6-5-7-11-16/h5-15H,3-4H2,1-2H3/b18-14-,20-15-. The fraction of sp³-hybridized carbons (Fsp3) is 0.182. The molecule has 2 aliphatic rings. The van der Waals surface area contributed by atoms with Crippen LogP contribution in [0.3, 0.4) is 0 Å². The number of hydrogen-bond donors (Lipinski definition) is 0. The van der Waals surface area contributed by atoms with E-state index < -0.39 is 0 Å². The summed E-state index contributed by atoms with van der Waals surface area (Å²) >= 11 is 5.58. The summed E-state index contributed by atoms with van der Waals surface area (Å²) in [5.74, 6) is 1.40. The largest absolute Gasteiger partial charge is 0.439 e. The Kier molecular flexibility index (Phi) is 4.88. The van der Waals surface area contributed by atoms with Gasteiger partial charge in [-0.3, -0.25) is 14.6 Å². The van der Waals surface area contributed by atoms with Crippen molar-refractivity contribution in [3.8, 4) is 5.75 Å². The van der Waals surface area contributed by atoms with Crippen LogP contribution in [-0.2, 0) is 4.79 Å². The third-order valence-corrected chi connectivity index (χ3v) is 5.20. The number of nitrogens with zero attached hydrogens (tertiary/aromatic N) is 3. The number of likely N-dealkylation sites (N-methyl/N-ethyl adjacent to an activating group) is 1. The topological polar surface area (TPSA) is 36.0 Å². The molecule has 28 heavy (non-hydrogen) atoms. The van der Waals surface area contributed by atoms with Crippen molar-refractivity contribution in [2.45, 2.75) is 13.8 Å². The van der Waals surface area contributed by atoms with Crippen molar-refractivity contribution >= 4 is 34.6 Å². The summed E-state index contributed by atoms with van der Waals surface area (Å²) in [6, 6.07) is 17.6. The molecule has 142 valence electrons. The number of benzene rings is 2. The third-order valence-electron chi connectivity index (χ3n) is 4.79. The van der Waals surface area contributed by atoms with Crippen molar-refractivity contribution in [3.05, 3.63) is 78.3 Å². The van der Waals surface area contributed by atoms with E-state index in [2.05, 4.69) is 11.8 Å². The number of hydrogen-bond acceptors (Lipinski definition) is 4. The maximum atomic E-state index is 12.9. The minimum Gasteiger partial charge on any atom is -0.439 e. The van der Waals surface area contributed by atoms with Gasteiger partial charge in [-0.25, -0.2) is 0 Å². The summed E-state index contributed by atoms with van der Waals surface area (Å²) < 4.78 is 5.99. The number of thiocarbonyl (C=S) groups is 1. The van der Waals surface area contributed by atoms with Gasteiger partial charge in [-0.05, 0) is 56.4 Å². The molecule has 4 rings (SSSR count). The van der Waals surface area contributed by atoms with Crippen molar-refractivity contribution in [2.24, 2.45) is 0 Å². The van der Waals surface area contributed by atoms with Gasteiger partial charge in [0.2, 0.25) is 5.88 Å². The van der Waals surface area contributed by atoms with E-state index in [0.717, 1.165) is 23.7 Å². The number of carbonyl (C=O) groups is 1. The molecule has 0 aliphatic carbocycles. The van der Waals surface area contributed by atoms with Gasteiger partial charge in [0.25, 0.3) is 5.91 Å². The summed E-state index contributed by atoms with van der Waals surface area (Å²) in [7, 11) is 0. The van der Waals surface area contributed by atoms with Crippen LogP contribution in [0.4, 0.5) is 11.4 Å². The fourth-order valence-corrected chi connectivity index (χ4v) is 3.86. The molecule has 0 bridgehead atoms. The zero-order valence-corrected chi connectivity index (χ0v) is 16.6. The quantitative estimate of drug-likeness (QED) is 0.574. The molecule has 0 unspecified atom stereocenters. The molecule has 1 amide bonds. The van der Waals surface area contributed by atoms with E-state index in [1.165, 1.54) is 0 Å². The first-order chi connectivity index (χ1) is 13.7. The SMILES string of the molecule is CCN1C(=O)/C(=C/C=C2\Oc3ccccc3N2CC)N(c2ccccc2)C1=S. The van der Waals surface area contributed by atoms with E-state index in [9.17, 15) is 4.79 Å². The van der Waals surface area contributed by atoms with Gasteiger partial charge in [0, 0.05) is 24.9 Å². The molecular weight excluding hydrogens is 370 g/mol. The van der Waals surface area contributed by atoms with Crippen molar-refractivity contribution in [1.82, 2.24) is 4.90 Å². The van der Waals surface area contributed by atoms with E-state index in [4.69, 9.17) is 17.0 Å². The molecule has 2 aliphatic heterocycles. The molecule has 5 nitrogen and oxygen atoms in total. The van der Waals surface area contributed by atoms with E-state index in [1.54, 1.807) is 11.0 Å². The zero-order valence-electron chi connectivity index (χ0n) is 15.8. The van der Waals surface area contributed by atoms with Crippen LogP contribution >= 0.6 is 12.2 Å². The number of anilines is 2.